The van der Waals surface area contributed by atoms with Gasteiger partial charge in [-0.3, -0.25) is 9.59 Å². The van der Waals surface area contributed by atoms with Crippen LogP contribution in [-0.2, 0) is 9.59 Å². The van der Waals surface area contributed by atoms with Gasteiger partial charge in [-0.1, -0.05) is 59.9 Å². The monoisotopic (exact) mass is 585 g/mol. The van der Waals surface area contributed by atoms with Gasteiger partial charge in [0, 0.05) is 15.1 Å². The van der Waals surface area contributed by atoms with Crippen LogP contribution in [0.5, 0.6) is 11.5 Å². The van der Waals surface area contributed by atoms with Crippen LogP contribution < -0.4 is 20.2 Å². The first-order chi connectivity index (χ1) is 16.6. The molecule has 35 heavy (non-hydrogen) atoms. The quantitative estimate of drug-likeness (QED) is 0.236. The molecular weight excluding hydrogens is 557 g/mol. The minimum Gasteiger partial charge on any atom is -0.493 e. The number of rotatable bonds is 12. The summed E-state index contributed by atoms with van der Waals surface area (Å²) in [6.07, 6.45) is 1.91. The van der Waals surface area contributed by atoms with Crippen LogP contribution in [0.15, 0.2) is 46.0 Å². The van der Waals surface area contributed by atoms with E-state index in [4.69, 9.17) is 32.7 Å². The first kappa shape index (κ1) is 28.9. The molecule has 190 valence electrons. The second kappa shape index (κ2) is 14.3. The van der Waals surface area contributed by atoms with Gasteiger partial charge in [-0.05, 0) is 62.1 Å². The molecule has 10 heteroatoms. The fraction of sp³-hybridized carbons (Fsp3) is 0.400. The molecule has 0 aliphatic heterocycles. The third kappa shape index (κ3) is 9.70. The Balaban J connectivity index is 2.05. The summed E-state index contributed by atoms with van der Waals surface area (Å²) in [6, 6.07) is 9.47. The number of carbonyl (C=O) groups excluding carboxylic acids is 2. The highest BCUT2D eigenvalue weighted by atomic mass is 79.9. The van der Waals surface area contributed by atoms with Gasteiger partial charge in [0.25, 0.3) is 11.8 Å². The van der Waals surface area contributed by atoms with Gasteiger partial charge in [0.15, 0.2) is 6.10 Å². The van der Waals surface area contributed by atoms with Crippen molar-refractivity contribution in [2.45, 2.75) is 52.7 Å². The highest BCUT2D eigenvalue weighted by molar-refractivity contribution is 9.10. The minimum absolute atomic E-state index is 0.149. The number of ether oxygens (including phenoxy) is 2. The van der Waals surface area contributed by atoms with E-state index in [1.165, 1.54) is 12.3 Å². The van der Waals surface area contributed by atoms with E-state index in [0.29, 0.717) is 35.1 Å². The second-order valence-corrected chi connectivity index (χ2v) is 10.0. The van der Waals surface area contributed by atoms with Crippen molar-refractivity contribution in [2.75, 3.05) is 6.61 Å². The van der Waals surface area contributed by atoms with Crippen LogP contribution in [-0.4, -0.2) is 36.8 Å². The van der Waals surface area contributed by atoms with E-state index in [-0.39, 0.29) is 10.9 Å². The number of nitrogens with zero attached hydrogens (tertiary/aromatic N) is 1. The predicted octanol–water partition coefficient (Wildman–Crippen LogP) is 5.99. The maximum atomic E-state index is 12.8. The van der Waals surface area contributed by atoms with Crippen molar-refractivity contribution >= 4 is 57.2 Å². The van der Waals surface area contributed by atoms with E-state index in [2.05, 4.69) is 31.8 Å². The molecule has 2 N–H and O–H groups in total. The third-order valence-corrected chi connectivity index (χ3v) is 5.74. The summed E-state index contributed by atoms with van der Waals surface area (Å²) in [4.78, 5) is 25.6. The number of nitrogens with one attached hydrogen (secondary N) is 2. The van der Waals surface area contributed by atoms with Crippen molar-refractivity contribution in [3.05, 3.63) is 56.5 Å². The van der Waals surface area contributed by atoms with Gasteiger partial charge in [0.05, 0.1) is 17.8 Å². The lowest BCUT2D eigenvalue weighted by Gasteiger charge is -2.22. The number of hydrazone groups is 1. The summed E-state index contributed by atoms with van der Waals surface area (Å²) in [7, 11) is 0. The van der Waals surface area contributed by atoms with Gasteiger partial charge in [-0.2, -0.15) is 5.10 Å². The Labute approximate surface area is 224 Å². The van der Waals surface area contributed by atoms with Crippen molar-refractivity contribution in [3.63, 3.8) is 0 Å². The van der Waals surface area contributed by atoms with Crippen LogP contribution in [0.2, 0.25) is 10.0 Å². The van der Waals surface area contributed by atoms with Crippen molar-refractivity contribution in [1.29, 1.82) is 0 Å². The zero-order chi connectivity index (χ0) is 26.0. The van der Waals surface area contributed by atoms with Gasteiger partial charge in [-0.15, -0.1) is 0 Å². The normalized spacial score (nSPS) is 12.9. The standard InChI is InChI=1S/C25H30BrCl2N3O4/c1-5-10-34-22-8-6-18(26)12-17(22)14-29-31-25(33)21(11-15(2)3)30-24(32)16(4)35-23-9-7-19(27)13-20(23)28/h6-9,12-16,21H,5,10-11H2,1-4H3,(H,30,32)(H,31,33)/b29-14-/t16-,21+/m1/s1. The molecule has 0 radical (unpaired) electrons. The predicted molar refractivity (Wildman–Crippen MR) is 144 cm³/mol. The highest BCUT2D eigenvalue weighted by Gasteiger charge is 2.25. The van der Waals surface area contributed by atoms with Gasteiger partial charge < -0.3 is 14.8 Å². The Kier molecular flexibility index (Phi) is 11.8. The summed E-state index contributed by atoms with van der Waals surface area (Å²) in [5.74, 6) is 0.236. The first-order valence-corrected chi connectivity index (χ1v) is 12.8. The molecule has 0 spiro atoms. The SMILES string of the molecule is CCCOc1ccc(Br)cc1/C=N\NC(=O)[C@H](CC(C)C)NC(=O)[C@@H](C)Oc1ccc(Cl)cc1Cl. The molecule has 0 aliphatic rings. The van der Waals surface area contributed by atoms with E-state index in [1.54, 1.807) is 19.1 Å². The van der Waals surface area contributed by atoms with Crippen LogP contribution >= 0.6 is 39.1 Å². The van der Waals surface area contributed by atoms with E-state index >= 15 is 0 Å². The van der Waals surface area contributed by atoms with Gasteiger partial charge in [0.1, 0.15) is 17.5 Å². The van der Waals surface area contributed by atoms with Crippen molar-refractivity contribution < 1.29 is 19.1 Å². The molecule has 0 saturated carbocycles. The van der Waals surface area contributed by atoms with Crippen molar-refractivity contribution in [3.8, 4) is 11.5 Å². The first-order valence-electron chi connectivity index (χ1n) is 11.3. The summed E-state index contributed by atoms with van der Waals surface area (Å²) < 4.78 is 12.2. The Hall–Kier alpha value is -2.29. The van der Waals surface area contributed by atoms with E-state index in [9.17, 15) is 9.59 Å². The number of hydrogen-bond donors (Lipinski definition) is 2. The average molecular weight is 587 g/mol. The van der Waals surface area contributed by atoms with Crippen LogP contribution in [0.1, 0.15) is 46.1 Å². The Morgan fingerprint density at radius 1 is 1.09 bits per heavy atom. The zero-order valence-electron chi connectivity index (χ0n) is 20.1. The molecule has 0 saturated heterocycles. The Bertz CT molecular complexity index is 1050. The van der Waals surface area contributed by atoms with Gasteiger partial charge in [0.2, 0.25) is 0 Å². The lowest BCUT2D eigenvalue weighted by atomic mass is 10.0. The number of benzene rings is 2. The zero-order valence-corrected chi connectivity index (χ0v) is 23.2. The molecule has 0 aromatic heterocycles. The molecule has 2 aromatic rings. The van der Waals surface area contributed by atoms with Gasteiger partial charge >= 0.3 is 0 Å². The summed E-state index contributed by atoms with van der Waals surface area (Å²) >= 11 is 15.5. The summed E-state index contributed by atoms with van der Waals surface area (Å²) in [6.45, 7) is 8.09. The van der Waals surface area contributed by atoms with Crippen LogP contribution in [0.3, 0.4) is 0 Å². The molecule has 0 fully saturated rings. The lowest BCUT2D eigenvalue weighted by molar-refractivity contribution is -0.132. The largest absolute Gasteiger partial charge is 0.493 e. The van der Waals surface area contributed by atoms with Crippen molar-refractivity contribution in [2.24, 2.45) is 11.0 Å². The Morgan fingerprint density at radius 3 is 2.46 bits per heavy atom. The van der Waals surface area contributed by atoms with Crippen LogP contribution in [0.4, 0.5) is 0 Å². The summed E-state index contributed by atoms with van der Waals surface area (Å²) in [5, 5.41) is 7.57. The highest BCUT2D eigenvalue weighted by Crippen LogP contribution is 2.28. The number of amides is 2. The number of halogens is 3. The number of hydrogen-bond acceptors (Lipinski definition) is 5. The molecule has 2 atom stereocenters. The van der Waals surface area contributed by atoms with E-state index in [0.717, 1.165) is 10.9 Å². The topological polar surface area (TPSA) is 89.0 Å². The fourth-order valence-electron chi connectivity index (χ4n) is 3.01. The van der Waals surface area contributed by atoms with Crippen LogP contribution in [0.25, 0.3) is 0 Å². The maximum Gasteiger partial charge on any atom is 0.262 e. The summed E-state index contributed by atoms with van der Waals surface area (Å²) in [5.41, 5.74) is 3.22. The van der Waals surface area contributed by atoms with Gasteiger partial charge in [-0.25, -0.2) is 5.43 Å². The molecule has 0 heterocycles. The molecule has 0 unspecified atom stereocenters. The molecule has 2 aromatic carbocycles. The third-order valence-electron chi connectivity index (χ3n) is 4.72. The molecule has 7 nitrogen and oxygen atoms in total. The smallest absolute Gasteiger partial charge is 0.262 e. The fourth-order valence-corrected chi connectivity index (χ4v) is 3.85. The molecule has 2 amide bonds. The van der Waals surface area contributed by atoms with Crippen molar-refractivity contribution in [1.82, 2.24) is 10.7 Å². The maximum absolute atomic E-state index is 12.8. The average Bonchev–Trinajstić information content (AvgIpc) is 2.79. The molecule has 0 aliphatic carbocycles. The molecular formula is C25H30BrCl2N3O4. The van der Waals surface area contributed by atoms with E-state index < -0.39 is 24.0 Å². The lowest BCUT2D eigenvalue weighted by Crippen LogP contribution is -2.49. The molecule has 0 bridgehead atoms. The van der Waals surface area contributed by atoms with Crippen LogP contribution in [0, 0.1) is 5.92 Å². The second-order valence-electron chi connectivity index (χ2n) is 8.29. The van der Waals surface area contributed by atoms with E-state index in [1.807, 2.05) is 39.0 Å². The molecule has 2 rings (SSSR count). The minimum atomic E-state index is -0.889. The Morgan fingerprint density at radius 2 is 1.80 bits per heavy atom. The number of carbonyl (C=O) groups is 2.